The van der Waals surface area contributed by atoms with E-state index in [1.807, 2.05) is 0 Å². The number of thiazole rings is 1. The highest BCUT2D eigenvalue weighted by Crippen LogP contribution is 2.26. The summed E-state index contributed by atoms with van der Waals surface area (Å²) in [6.45, 7) is 3.15. The summed E-state index contributed by atoms with van der Waals surface area (Å²) in [6.07, 6.45) is 4.95. The smallest absolute Gasteiger partial charge is 0.183 e. The Morgan fingerprint density at radius 2 is 2.18 bits per heavy atom. The molecule has 0 saturated heterocycles. The van der Waals surface area contributed by atoms with Gasteiger partial charge < -0.3 is 5.32 Å². The van der Waals surface area contributed by atoms with E-state index in [-0.39, 0.29) is 5.82 Å². The Bertz CT molecular complexity index is 481. The van der Waals surface area contributed by atoms with Crippen LogP contribution in [0.4, 0.5) is 9.52 Å². The van der Waals surface area contributed by atoms with Crippen LogP contribution in [-0.4, -0.2) is 11.5 Å². The molecule has 0 aliphatic heterocycles. The number of nitrogens with one attached hydrogen (secondary N) is 1. The Morgan fingerprint density at radius 3 is 3.00 bits per heavy atom. The fraction of sp³-hybridized carbons (Fsp3) is 0.462. The quantitative estimate of drug-likeness (QED) is 0.769. The van der Waals surface area contributed by atoms with Crippen molar-refractivity contribution in [3.63, 3.8) is 0 Å². The topological polar surface area (TPSA) is 24.9 Å². The molecule has 2 aromatic rings. The highest BCUT2D eigenvalue weighted by atomic mass is 32.1. The molecule has 0 atom stereocenters. The maximum atomic E-state index is 13.0. The molecule has 0 aliphatic carbocycles. The molecule has 4 heteroatoms. The van der Waals surface area contributed by atoms with Crippen molar-refractivity contribution in [2.24, 2.45) is 0 Å². The summed E-state index contributed by atoms with van der Waals surface area (Å²) in [7, 11) is 0. The van der Waals surface area contributed by atoms with E-state index in [0.29, 0.717) is 0 Å². The number of halogens is 1. The van der Waals surface area contributed by atoms with Crippen molar-refractivity contribution in [1.29, 1.82) is 0 Å². The van der Waals surface area contributed by atoms with E-state index in [0.717, 1.165) is 28.3 Å². The van der Waals surface area contributed by atoms with Crippen LogP contribution in [0.5, 0.6) is 0 Å². The molecule has 2 rings (SSSR count). The van der Waals surface area contributed by atoms with Crippen LogP contribution in [0.2, 0.25) is 0 Å². The molecule has 0 amide bonds. The highest BCUT2D eigenvalue weighted by Gasteiger charge is 2.03. The van der Waals surface area contributed by atoms with Gasteiger partial charge in [-0.25, -0.2) is 9.37 Å². The Morgan fingerprint density at radius 1 is 1.29 bits per heavy atom. The minimum Gasteiger partial charge on any atom is -0.361 e. The first-order valence-corrected chi connectivity index (χ1v) is 6.91. The zero-order chi connectivity index (χ0) is 12.1. The first-order valence-electron chi connectivity index (χ1n) is 6.09. The van der Waals surface area contributed by atoms with Gasteiger partial charge in [0.25, 0.3) is 0 Å². The number of anilines is 1. The van der Waals surface area contributed by atoms with Gasteiger partial charge in [-0.05, 0) is 18.6 Å². The molecule has 0 unspecified atom stereocenters. The summed E-state index contributed by atoms with van der Waals surface area (Å²) < 4.78 is 14.0. The van der Waals surface area contributed by atoms with Gasteiger partial charge in [-0.3, -0.25) is 0 Å². The molecule has 1 aromatic heterocycles. The number of nitrogens with zero attached hydrogens (tertiary/aromatic N) is 1. The predicted octanol–water partition coefficient (Wildman–Crippen LogP) is 4.43. The molecule has 1 N–H and O–H groups in total. The SMILES string of the molecule is CCCCCCNc1nc2cc(F)ccc2s1. The van der Waals surface area contributed by atoms with Gasteiger partial charge in [0, 0.05) is 12.6 Å². The Balaban J connectivity index is 1.91. The summed E-state index contributed by atoms with van der Waals surface area (Å²) in [5.41, 5.74) is 0.742. The minimum atomic E-state index is -0.225. The summed E-state index contributed by atoms with van der Waals surface area (Å²) >= 11 is 1.58. The van der Waals surface area contributed by atoms with E-state index in [1.165, 1.54) is 31.4 Å². The van der Waals surface area contributed by atoms with E-state index in [1.54, 1.807) is 17.4 Å². The molecule has 92 valence electrons. The summed E-state index contributed by atoms with van der Waals surface area (Å²) in [6, 6.07) is 4.74. The average Bonchev–Trinajstić information content (AvgIpc) is 2.70. The first kappa shape index (κ1) is 12.3. The van der Waals surface area contributed by atoms with Gasteiger partial charge in [-0.2, -0.15) is 0 Å². The normalized spacial score (nSPS) is 10.9. The van der Waals surface area contributed by atoms with Crippen LogP contribution in [-0.2, 0) is 0 Å². The highest BCUT2D eigenvalue weighted by molar-refractivity contribution is 7.22. The van der Waals surface area contributed by atoms with E-state index in [2.05, 4.69) is 17.2 Å². The van der Waals surface area contributed by atoms with Crippen molar-refractivity contribution in [3.05, 3.63) is 24.0 Å². The van der Waals surface area contributed by atoms with Crippen LogP contribution in [0.15, 0.2) is 18.2 Å². The maximum absolute atomic E-state index is 13.0. The summed E-state index contributed by atoms with van der Waals surface area (Å²) in [5.74, 6) is -0.225. The van der Waals surface area contributed by atoms with Gasteiger partial charge >= 0.3 is 0 Å². The zero-order valence-corrected chi connectivity index (χ0v) is 10.8. The lowest BCUT2D eigenvalue weighted by atomic mass is 10.2. The molecule has 0 spiro atoms. The fourth-order valence-corrected chi connectivity index (χ4v) is 2.60. The number of aromatic nitrogens is 1. The van der Waals surface area contributed by atoms with E-state index >= 15 is 0 Å². The second kappa shape index (κ2) is 5.96. The molecule has 1 aromatic carbocycles. The van der Waals surface area contributed by atoms with Gasteiger partial charge in [0.2, 0.25) is 0 Å². The Hall–Kier alpha value is -1.16. The maximum Gasteiger partial charge on any atom is 0.183 e. The average molecular weight is 252 g/mol. The van der Waals surface area contributed by atoms with Crippen LogP contribution in [0, 0.1) is 5.82 Å². The molecule has 2 nitrogen and oxygen atoms in total. The second-order valence-corrected chi connectivity index (χ2v) is 5.15. The van der Waals surface area contributed by atoms with Crippen LogP contribution in [0.3, 0.4) is 0 Å². The van der Waals surface area contributed by atoms with Gasteiger partial charge in [0.15, 0.2) is 5.13 Å². The predicted molar refractivity (Wildman–Crippen MR) is 72.2 cm³/mol. The second-order valence-electron chi connectivity index (χ2n) is 4.12. The monoisotopic (exact) mass is 252 g/mol. The van der Waals surface area contributed by atoms with Crippen molar-refractivity contribution in [3.8, 4) is 0 Å². The van der Waals surface area contributed by atoms with Gasteiger partial charge in [-0.1, -0.05) is 37.5 Å². The molecule has 0 radical (unpaired) electrons. The third-order valence-corrected chi connectivity index (χ3v) is 3.65. The number of hydrogen-bond acceptors (Lipinski definition) is 3. The first-order chi connectivity index (χ1) is 8.29. The van der Waals surface area contributed by atoms with Crippen LogP contribution >= 0.6 is 11.3 Å². The summed E-state index contributed by atoms with van der Waals surface area (Å²) in [5, 5.41) is 4.19. The fourth-order valence-electron chi connectivity index (χ4n) is 1.72. The van der Waals surface area contributed by atoms with Crippen molar-refractivity contribution >= 4 is 26.7 Å². The minimum absolute atomic E-state index is 0.225. The Labute approximate surface area is 105 Å². The molecule has 1 heterocycles. The van der Waals surface area contributed by atoms with E-state index in [9.17, 15) is 4.39 Å². The summed E-state index contributed by atoms with van der Waals surface area (Å²) in [4.78, 5) is 4.36. The van der Waals surface area contributed by atoms with E-state index < -0.39 is 0 Å². The number of benzene rings is 1. The third-order valence-electron chi connectivity index (χ3n) is 2.66. The van der Waals surface area contributed by atoms with Crippen LogP contribution < -0.4 is 5.32 Å². The molecule has 0 bridgehead atoms. The molecule has 0 saturated carbocycles. The van der Waals surface area contributed by atoms with Crippen LogP contribution in [0.25, 0.3) is 10.2 Å². The molecular weight excluding hydrogens is 235 g/mol. The van der Waals surface area contributed by atoms with Crippen LogP contribution in [0.1, 0.15) is 32.6 Å². The lowest BCUT2D eigenvalue weighted by Crippen LogP contribution is -2.00. The number of fused-ring (bicyclic) bond motifs is 1. The number of hydrogen-bond donors (Lipinski definition) is 1. The molecule has 0 fully saturated rings. The van der Waals surface area contributed by atoms with Crippen molar-refractivity contribution in [2.45, 2.75) is 32.6 Å². The molecule has 0 aliphatic rings. The number of rotatable bonds is 6. The lowest BCUT2D eigenvalue weighted by molar-refractivity contribution is 0.629. The molecular formula is C13H17FN2S. The van der Waals surface area contributed by atoms with Crippen molar-refractivity contribution in [2.75, 3.05) is 11.9 Å². The number of unbranched alkanes of at least 4 members (excludes halogenated alkanes) is 3. The van der Waals surface area contributed by atoms with Crippen molar-refractivity contribution in [1.82, 2.24) is 4.98 Å². The van der Waals surface area contributed by atoms with E-state index in [4.69, 9.17) is 0 Å². The lowest BCUT2D eigenvalue weighted by Gasteiger charge is -2.00. The third kappa shape index (κ3) is 3.40. The largest absolute Gasteiger partial charge is 0.361 e. The zero-order valence-electron chi connectivity index (χ0n) is 10.0. The van der Waals surface area contributed by atoms with Gasteiger partial charge in [-0.15, -0.1) is 0 Å². The molecule has 17 heavy (non-hydrogen) atoms. The van der Waals surface area contributed by atoms with Gasteiger partial charge in [0.1, 0.15) is 5.82 Å². The Kier molecular flexibility index (Phi) is 4.31. The van der Waals surface area contributed by atoms with Crippen molar-refractivity contribution < 1.29 is 4.39 Å². The standard InChI is InChI=1S/C13H17FN2S/c1-2-3-4-5-8-15-13-16-11-9-10(14)6-7-12(11)17-13/h6-7,9H,2-5,8H2,1H3,(H,15,16). The van der Waals surface area contributed by atoms with Gasteiger partial charge in [0.05, 0.1) is 10.2 Å².